The number of carbonyl (C=O) groups excluding carboxylic acids is 2. The molecule has 0 bridgehead atoms. The van der Waals surface area contributed by atoms with Gasteiger partial charge in [0.15, 0.2) is 11.5 Å². The number of benzene rings is 2. The van der Waals surface area contributed by atoms with Crippen molar-refractivity contribution in [3.05, 3.63) is 64.3 Å². The van der Waals surface area contributed by atoms with E-state index in [-0.39, 0.29) is 11.9 Å². The van der Waals surface area contributed by atoms with Gasteiger partial charge in [0.05, 0.1) is 25.8 Å². The fourth-order valence-corrected chi connectivity index (χ4v) is 3.13. The van der Waals surface area contributed by atoms with Crippen molar-refractivity contribution in [2.45, 2.75) is 13.0 Å². The molecule has 0 aliphatic carbocycles. The Bertz CT molecular complexity index is 941. The van der Waals surface area contributed by atoms with Crippen molar-refractivity contribution in [2.75, 3.05) is 19.5 Å². The van der Waals surface area contributed by atoms with E-state index in [0.29, 0.717) is 39.0 Å². The fraction of sp³-hybridized carbons (Fsp3) is 0.200. The van der Waals surface area contributed by atoms with E-state index in [9.17, 15) is 9.59 Å². The van der Waals surface area contributed by atoms with Crippen molar-refractivity contribution in [2.24, 2.45) is 0 Å². The molecule has 1 unspecified atom stereocenters. The zero-order valence-corrected chi connectivity index (χ0v) is 16.4. The van der Waals surface area contributed by atoms with Gasteiger partial charge in [0.1, 0.15) is 0 Å². The number of hydrogen-bond acceptors (Lipinski definition) is 4. The summed E-state index contributed by atoms with van der Waals surface area (Å²) in [7, 11) is 3.07. The molecule has 0 fully saturated rings. The zero-order chi connectivity index (χ0) is 20.3. The van der Waals surface area contributed by atoms with Crippen LogP contribution in [0.5, 0.6) is 11.5 Å². The number of nitrogens with one attached hydrogen (secondary N) is 3. The molecule has 1 aliphatic heterocycles. The molecule has 1 atom stereocenters. The van der Waals surface area contributed by atoms with Crippen molar-refractivity contribution in [1.82, 2.24) is 10.6 Å². The summed E-state index contributed by atoms with van der Waals surface area (Å²) in [4.78, 5) is 25.0. The Labute approximate surface area is 167 Å². The topological polar surface area (TPSA) is 88.7 Å². The average Bonchev–Trinajstić information content (AvgIpc) is 2.68. The highest BCUT2D eigenvalue weighted by molar-refractivity contribution is 6.30. The summed E-state index contributed by atoms with van der Waals surface area (Å²) in [6, 6.07) is 11.0. The lowest BCUT2D eigenvalue weighted by atomic mass is 9.94. The molecule has 8 heteroatoms. The van der Waals surface area contributed by atoms with Gasteiger partial charge in [-0.15, -0.1) is 0 Å². The van der Waals surface area contributed by atoms with Crippen LogP contribution in [0.2, 0.25) is 5.02 Å². The van der Waals surface area contributed by atoms with Gasteiger partial charge in [-0.1, -0.05) is 17.7 Å². The Morgan fingerprint density at radius 1 is 1.07 bits per heavy atom. The van der Waals surface area contributed by atoms with E-state index in [1.807, 2.05) is 0 Å². The largest absolute Gasteiger partial charge is 0.493 e. The molecule has 28 heavy (non-hydrogen) atoms. The minimum Gasteiger partial charge on any atom is -0.493 e. The summed E-state index contributed by atoms with van der Waals surface area (Å²) in [5.41, 5.74) is 2.14. The van der Waals surface area contributed by atoms with E-state index in [0.717, 1.165) is 0 Å². The molecule has 3 N–H and O–H groups in total. The maximum atomic E-state index is 13.0. The Morgan fingerprint density at radius 2 is 1.75 bits per heavy atom. The van der Waals surface area contributed by atoms with Crippen LogP contribution < -0.4 is 25.4 Å². The van der Waals surface area contributed by atoms with Crippen LogP contribution in [0.1, 0.15) is 18.5 Å². The first-order chi connectivity index (χ1) is 13.4. The SMILES string of the molecule is COc1ccc(C2NC(=O)NC(C)=C2C(=O)Nc2ccc(Cl)cc2)cc1OC. The molecule has 3 rings (SSSR count). The van der Waals surface area contributed by atoms with Crippen LogP contribution in [0.4, 0.5) is 10.5 Å². The summed E-state index contributed by atoms with van der Waals surface area (Å²) < 4.78 is 10.6. The Balaban J connectivity index is 1.96. The Hall–Kier alpha value is -3.19. The fourth-order valence-electron chi connectivity index (χ4n) is 3.01. The molecule has 0 spiro atoms. The summed E-state index contributed by atoms with van der Waals surface area (Å²) in [6.45, 7) is 1.68. The molecular formula is C20H20ClN3O4. The predicted octanol–water partition coefficient (Wildman–Crippen LogP) is 3.62. The lowest BCUT2D eigenvalue weighted by Gasteiger charge is -2.29. The molecule has 1 aliphatic rings. The number of methoxy groups -OCH3 is 2. The summed E-state index contributed by atoms with van der Waals surface area (Å²) in [6.07, 6.45) is 0. The van der Waals surface area contributed by atoms with Gasteiger partial charge in [0, 0.05) is 16.4 Å². The van der Waals surface area contributed by atoms with E-state index >= 15 is 0 Å². The number of amides is 3. The quantitative estimate of drug-likeness (QED) is 0.713. The third-order valence-electron chi connectivity index (χ3n) is 4.36. The highest BCUT2D eigenvalue weighted by Gasteiger charge is 2.31. The highest BCUT2D eigenvalue weighted by atomic mass is 35.5. The number of allylic oxidation sites excluding steroid dienone is 1. The van der Waals surface area contributed by atoms with Gasteiger partial charge in [0.25, 0.3) is 5.91 Å². The second-order valence-corrected chi connectivity index (χ2v) is 6.58. The van der Waals surface area contributed by atoms with Gasteiger partial charge in [-0.25, -0.2) is 4.79 Å². The van der Waals surface area contributed by atoms with Crippen molar-refractivity contribution < 1.29 is 19.1 Å². The third-order valence-corrected chi connectivity index (χ3v) is 4.61. The number of urea groups is 1. The number of hydrogen-bond donors (Lipinski definition) is 3. The summed E-state index contributed by atoms with van der Waals surface area (Å²) in [5.74, 6) is 0.717. The lowest BCUT2D eigenvalue weighted by Crippen LogP contribution is -2.45. The summed E-state index contributed by atoms with van der Waals surface area (Å²) >= 11 is 5.89. The number of halogens is 1. The standard InChI is InChI=1S/C20H20ClN3O4/c1-11-17(19(25)23-14-7-5-13(21)6-8-14)18(24-20(26)22-11)12-4-9-15(27-2)16(10-12)28-3/h4-10,18H,1-3H3,(H,23,25)(H2,22,24,26). The predicted molar refractivity (Wildman–Crippen MR) is 107 cm³/mol. The van der Waals surface area contributed by atoms with Crippen LogP contribution in [0.25, 0.3) is 0 Å². The van der Waals surface area contributed by atoms with Gasteiger partial charge in [-0.05, 0) is 48.9 Å². The van der Waals surface area contributed by atoms with Crippen LogP contribution in [0.3, 0.4) is 0 Å². The van der Waals surface area contributed by atoms with Crippen molar-refractivity contribution in [3.8, 4) is 11.5 Å². The minimum atomic E-state index is -0.652. The zero-order valence-electron chi connectivity index (χ0n) is 15.6. The average molecular weight is 402 g/mol. The lowest BCUT2D eigenvalue weighted by molar-refractivity contribution is -0.113. The van der Waals surface area contributed by atoms with Gasteiger partial charge in [-0.2, -0.15) is 0 Å². The Kier molecular flexibility index (Phi) is 5.75. The normalized spacial score (nSPS) is 16.1. The third kappa shape index (κ3) is 4.04. The van der Waals surface area contributed by atoms with E-state index in [4.69, 9.17) is 21.1 Å². The minimum absolute atomic E-state index is 0.341. The molecule has 2 aromatic rings. The maximum Gasteiger partial charge on any atom is 0.319 e. The van der Waals surface area contributed by atoms with E-state index < -0.39 is 6.04 Å². The molecule has 0 radical (unpaired) electrons. The number of anilines is 1. The van der Waals surface area contributed by atoms with E-state index in [1.165, 1.54) is 7.11 Å². The molecule has 0 aromatic heterocycles. The molecule has 3 amide bonds. The van der Waals surface area contributed by atoms with Crippen LogP contribution in [0.15, 0.2) is 53.7 Å². The molecule has 0 saturated heterocycles. The van der Waals surface area contributed by atoms with Gasteiger partial charge >= 0.3 is 6.03 Å². The molecule has 2 aromatic carbocycles. The molecule has 0 saturated carbocycles. The van der Waals surface area contributed by atoms with E-state index in [2.05, 4.69) is 16.0 Å². The number of carbonyl (C=O) groups is 2. The molecule has 146 valence electrons. The van der Waals surface area contributed by atoms with Crippen molar-refractivity contribution >= 4 is 29.2 Å². The molecular weight excluding hydrogens is 382 g/mol. The smallest absolute Gasteiger partial charge is 0.319 e. The highest BCUT2D eigenvalue weighted by Crippen LogP contribution is 2.34. The van der Waals surface area contributed by atoms with Crippen molar-refractivity contribution in [1.29, 1.82) is 0 Å². The van der Waals surface area contributed by atoms with Gasteiger partial charge in [0.2, 0.25) is 0 Å². The van der Waals surface area contributed by atoms with Crippen LogP contribution in [0, 0.1) is 0 Å². The van der Waals surface area contributed by atoms with Crippen molar-refractivity contribution in [3.63, 3.8) is 0 Å². The van der Waals surface area contributed by atoms with E-state index in [1.54, 1.807) is 56.5 Å². The molecule has 7 nitrogen and oxygen atoms in total. The van der Waals surface area contributed by atoms with Gasteiger partial charge < -0.3 is 25.4 Å². The second kappa shape index (κ2) is 8.22. The second-order valence-electron chi connectivity index (χ2n) is 6.15. The first-order valence-electron chi connectivity index (χ1n) is 8.50. The van der Waals surface area contributed by atoms with Crippen LogP contribution >= 0.6 is 11.6 Å². The Morgan fingerprint density at radius 3 is 2.39 bits per heavy atom. The van der Waals surface area contributed by atoms with Crippen LogP contribution in [-0.2, 0) is 4.79 Å². The monoisotopic (exact) mass is 401 g/mol. The van der Waals surface area contributed by atoms with Crippen LogP contribution in [-0.4, -0.2) is 26.2 Å². The summed E-state index contributed by atoms with van der Waals surface area (Å²) in [5, 5.41) is 8.84. The maximum absolute atomic E-state index is 13.0. The first kappa shape index (κ1) is 19.6. The number of ether oxygens (including phenoxy) is 2. The molecule has 1 heterocycles. The number of rotatable bonds is 5. The van der Waals surface area contributed by atoms with Gasteiger partial charge in [-0.3, -0.25) is 4.79 Å². The first-order valence-corrected chi connectivity index (χ1v) is 8.88.